The van der Waals surface area contributed by atoms with Crippen LogP contribution in [-0.4, -0.2) is 149 Å². The van der Waals surface area contributed by atoms with Gasteiger partial charge in [0, 0.05) is 52.1 Å². The summed E-state index contributed by atoms with van der Waals surface area (Å²) in [4.78, 5) is 57.4. The summed E-state index contributed by atoms with van der Waals surface area (Å²) < 4.78 is 9.54. The fraction of sp³-hybridized carbons (Fsp3) is 0.907. The van der Waals surface area contributed by atoms with Crippen LogP contribution >= 0.6 is 0 Å². The first-order valence-corrected chi connectivity index (χ1v) is 22.4. The Balaban J connectivity index is 0.895. The maximum Gasteiger partial charge on any atom is 0.306 e. The normalized spacial score (nSPS) is 20.7. The second-order valence-corrected chi connectivity index (χ2v) is 17.2. The van der Waals surface area contributed by atoms with Crippen LogP contribution < -0.4 is 10.6 Å². The molecule has 0 radical (unpaired) electrons. The van der Waals surface area contributed by atoms with Gasteiger partial charge in [0.1, 0.15) is 0 Å². The highest BCUT2D eigenvalue weighted by Crippen LogP contribution is 2.29. The number of hydrogen-bond donors (Lipinski definition) is 2. The van der Waals surface area contributed by atoms with Gasteiger partial charge < -0.3 is 39.7 Å². The maximum atomic E-state index is 12.5. The average molecular weight is 775 g/mol. The molecule has 0 aromatic rings. The zero-order valence-corrected chi connectivity index (χ0v) is 34.9. The average Bonchev–Trinajstić information content (AvgIpc) is 3.22. The number of nitrogens with zero attached hydrogens (tertiary/aromatic N) is 4. The van der Waals surface area contributed by atoms with E-state index in [0.717, 1.165) is 109 Å². The molecule has 0 saturated carbocycles. The van der Waals surface area contributed by atoms with E-state index >= 15 is 0 Å². The van der Waals surface area contributed by atoms with Crippen LogP contribution in [0.2, 0.25) is 0 Å². The second kappa shape index (κ2) is 26.6. The van der Waals surface area contributed by atoms with Gasteiger partial charge in [-0.2, -0.15) is 0 Å². The van der Waals surface area contributed by atoms with E-state index < -0.39 is 0 Å². The highest BCUT2D eigenvalue weighted by Gasteiger charge is 2.24. The Kier molecular flexibility index (Phi) is 22.0. The third-order valence-corrected chi connectivity index (χ3v) is 13.3. The molecule has 0 spiro atoms. The van der Waals surface area contributed by atoms with Gasteiger partial charge in [-0.1, -0.05) is 38.5 Å². The molecular weight excluding hydrogens is 697 g/mol. The number of piperidine rings is 4. The Morgan fingerprint density at radius 3 is 0.982 bits per heavy atom. The monoisotopic (exact) mass is 775 g/mol. The van der Waals surface area contributed by atoms with E-state index in [2.05, 4.69) is 30.2 Å². The fourth-order valence-electron chi connectivity index (χ4n) is 9.33. The number of carbonyl (C=O) groups is 4. The van der Waals surface area contributed by atoms with Crippen molar-refractivity contribution in [3.63, 3.8) is 0 Å². The summed E-state index contributed by atoms with van der Waals surface area (Å²) in [6.45, 7) is 13.4. The number of methoxy groups -OCH3 is 2. The summed E-state index contributed by atoms with van der Waals surface area (Å²) in [5, 5.41) is 6.10. The number of rotatable bonds is 24. The van der Waals surface area contributed by atoms with E-state index in [9.17, 15) is 19.2 Å². The van der Waals surface area contributed by atoms with Crippen molar-refractivity contribution in [1.29, 1.82) is 0 Å². The molecule has 4 aliphatic rings. The van der Waals surface area contributed by atoms with Gasteiger partial charge in [0.25, 0.3) is 0 Å². The minimum atomic E-state index is -0.111. The summed E-state index contributed by atoms with van der Waals surface area (Å²) in [5.41, 5.74) is 0. The molecule has 0 aromatic heterocycles. The van der Waals surface area contributed by atoms with E-state index in [1.54, 1.807) is 0 Å². The Labute approximate surface area is 333 Å². The van der Waals surface area contributed by atoms with Crippen molar-refractivity contribution in [2.45, 2.75) is 122 Å². The Morgan fingerprint density at radius 2 is 0.709 bits per heavy atom. The summed E-state index contributed by atoms with van der Waals surface area (Å²) in [7, 11) is 2.92. The largest absolute Gasteiger partial charge is 0.469 e. The molecule has 0 aliphatic carbocycles. The van der Waals surface area contributed by atoms with Gasteiger partial charge in [-0.25, -0.2) is 0 Å². The number of ether oxygens (including phenoxy) is 2. The molecule has 4 rings (SSSR count). The van der Waals surface area contributed by atoms with Gasteiger partial charge >= 0.3 is 11.9 Å². The van der Waals surface area contributed by atoms with E-state index in [0.29, 0.717) is 38.8 Å². The molecular formula is C43H78N6O6. The first-order chi connectivity index (χ1) is 26.8. The van der Waals surface area contributed by atoms with E-state index in [1.807, 2.05) is 0 Å². The van der Waals surface area contributed by atoms with Crippen molar-refractivity contribution in [2.24, 2.45) is 23.7 Å². The van der Waals surface area contributed by atoms with Crippen LogP contribution in [0.25, 0.3) is 0 Å². The number of carbonyl (C=O) groups excluding carboxylic acids is 4. The van der Waals surface area contributed by atoms with Gasteiger partial charge in [0.2, 0.25) is 11.8 Å². The zero-order valence-electron chi connectivity index (χ0n) is 34.9. The molecule has 0 unspecified atom stereocenters. The molecule has 0 bridgehead atoms. The highest BCUT2D eigenvalue weighted by molar-refractivity contribution is 5.76. The summed E-state index contributed by atoms with van der Waals surface area (Å²) in [6.07, 6.45) is 20.8. The van der Waals surface area contributed by atoms with Crippen molar-refractivity contribution >= 4 is 23.8 Å². The smallest absolute Gasteiger partial charge is 0.306 e. The Morgan fingerprint density at radius 1 is 0.436 bits per heavy atom. The number of esters is 2. The van der Waals surface area contributed by atoms with Crippen molar-refractivity contribution in [2.75, 3.05) is 106 Å². The highest BCUT2D eigenvalue weighted by atomic mass is 16.5. The third kappa shape index (κ3) is 19.1. The molecule has 55 heavy (non-hydrogen) atoms. The Hall–Kier alpha value is -2.28. The number of amides is 2. The van der Waals surface area contributed by atoms with Gasteiger partial charge in [-0.3, -0.25) is 19.2 Å². The van der Waals surface area contributed by atoms with Crippen molar-refractivity contribution < 1.29 is 28.7 Å². The summed E-state index contributed by atoms with van der Waals surface area (Å²) >= 11 is 0. The van der Waals surface area contributed by atoms with Crippen LogP contribution in [-0.2, 0) is 28.7 Å². The molecule has 2 N–H and O–H groups in total. The molecule has 4 heterocycles. The van der Waals surface area contributed by atoms with Gasteiger partial charge in [0.15, 0.2) is 0 Å². The lowest BCUT2D eigenvalue weighted by molar-refractivity contribution is -0.141. The lowest BCUT2D eigenvalue weighted by Gasteiger charge is -2.33. The van der Waals surface area contributed by atoms with Crippen LogP contribution in [0.1, 0.15) is 122 Å². The van der Waals surface area contributed by atoms with Crippen LogP contribution in [0.5, 0.6) is 0 Å². The predicted octanol–water partition coefficient (Wildman–Crippen LogP) is 4.70. The van der Waals surface area contributed by atoms with E-state index in [-0.39, 0.29) is 23.8 Å². The maximum absolute atomic E-state index is 12.5. The molecule has 0 aromatic carbocycles. The van der Waals surface area contributed by atoms with Crippen LogP contribution in [0.3, 0.4) is 0 Å². The van der Waals surface area contributed by atoms with E-state index in [4.69, 9.17) is 9.47 Å². The van der Waals surface area contributed by atoms with Gasteiger partial charge in [-0.05, 0) is 134 Å². The van der Waals surface area contributed by atoms with Crippen molar-refractivity contribution in [1.82, 2.24) is 30.2 Å². The standard InChI is InChI=1S/C43H78N6O6/c1-54-42(52)20-34-48-28-14-38(15-29-48)8-3-6-36-10-24-46(25-11-36)32-18-40(50)44-22-5-23-45-41(51)19-33-47-26-12-37(13-27-47)7-4-9-39-16-30-49(31-17-39)35-21-43(53)55-2/h36-39H,3-35H2,1-2H3,(H,44,50)(H,45,51). The van der Waals surface area contributed by atoms with Crippen LogP contribution in [0.15, 0.2) is 0 Å². The quantitative estimate of drug-likeness (QED) is 0.105. The zero-order chi connectivity index (χ0) is 39.1. The molecule has 4 saturated heterocycles. The second-order valence-electron chi connectivity index (χ2n) is 17.2. The minimum Gasteiger partial charge on any atom is -0.469 e. The van der Waals surface area contributed by atoms with E-state index in [1.165, 1.54) is 104 Å². The number of nitrogens with one attached hydrogen (secondary N) is 2. The first kappa shape index (κ1) is 45.4. The molecule has 2 amide bonds. The topological polar surface area (TPSA) is 124 Å². The predicted molar refractivity (Wildman–Crippen MR) is 217 cm³/mol. The van der Waals surface area contributed by atoms with Gasteiger partial charge in [0.05, 0.1) is 27.1 Å². The summed E-state index contributed by atoms with van der Waals surface area (Å²) in [5.74, 6) is 3.31. The molecule has 12 nitrogen and oxygen atoms in total. The molecule has 12 heteroatoms. The minimum absolute atomic E-state index is 0.111. The Bertz CT molecular complexity index is 1010. The summed E-state index contributed by atoms with van der Waals surface area (Å²) in [6, 6.07) is 0. The molecule has 4 fully saturated rings. The number of hydrogen-bond acceptors (Lipinski definition) is 10. The number of likely N-dealkylation sites (tertiary alicyclic amines) is 4. The van der Waals surface area contributed by atoms with Crippen LogP contribution in [0.4, 0.5) is 0 Å². The van der Waals surface area contributed by atoms with Crippen LogP contribution in [0, 0.1) is 23.7 Å². The lowest BCUT2D eigenvalue weighted by atomic mass is 9.87. The lowest BCUT2D eigenvalue weighted by Crippen LogP contribution is -2.38. The first-order valence-electron chi connectivity index (χ1n) is 22.4. The van der Waals surface area contributed by atoms with Gasteiger partial charge in [-0.15, -0.1) is 0 Å². The van der Waals surface area contributed by atoms with Crippen molar-refractivity contribution in [3.8, 4) is 0 Å². The molecule has 316 valence electrons. The molecule has 4 aliphatic heterocycles. The fourth-order valence-corrected chi connectivity index (χ4v) is 9.33. The molecule has 0 atom stereocenters. The SMILES string of the molecule is COC(=O)CCN1CCC(CCCC2CCN(CCC(=O)NCCCNC(=O)CCN3CCC(CCCC4CCN(CCC(=O)OC)CC4)CC3)CC2)CC1. The van der Waals surface area contributed by atoms with Crippen molar-refractivity contribution in [3.05, 3.63) is 0 Å². The third-order valence-electron chi connectivity index (χ3n) is 13.3.